The smallest absolute Gasteiger partial charge is 0.387 e. The first kappa shape index (κ1) is 22.6. The maximum atomic E-state index is 12.7. The number of ether oxygens (including phenoxy) is 2. The topological polar surface area (TPSA) is 73.6 Å². The number of carbonyl (C=O) groups excluding carboxylic acids is 1. The summed E-state index contributed by atoms with van der Waals surface area (Å²) in [5.74, 6) is -0.224. The van der Waals surface area contributed by atoms with Gasteiger partial charge in [-0.3, -0.25) is 4.79 Å². The van der Waals surface area contributed by atoms with Crippen LogP contribution in [0.5, 0.6) is 5.75 Å². The van der Waals surface area contributed by atoms with Crippen LogP contribution in [-0.2, 0) is 9.53 Å². The van der Waals surface area contributed by atoms with Crippen molar-refractivity contribution in [3.63, 3.8) is 0 Å². The second-order valence-corrected chi connectivity index (χ2v) is 6.99. The molecular weight excluding hydrogens is 366 g/mol. The summed E-state index contributed by atoms with van der Waals surface area (Å²) in [5.41, 5.74) is 5.49. The summed E-state index contributed by atoms with van der Waals surface area (Å²) >= 11 is 0. The molecule has 3 N–H and O–H groups in total. The van der Waals surface area contributed by atoms with E-state index in [0.29, 0.717) is 18.6 Å². The molecule has 1 aliphatic rings. The van der Waals surface area contributed by atoms with E-state index in [1.54, 1.807) is 19.1 Å². The fourth-order valence-corrected chi connectivity index (χ4v) is 3.19. The van der Waals surface area contributed by atoms with Gasteiger partial charge in [0.05, 0.1) is 12.1 Å². The number of amides is 1. The molecule has 148 valence electrons. The maximum Gasteiger partial charge on any atom is 0.387 e. The van der Waals surface area contributed by atoms with Gasteiger partial charge in [-0.2, -0.15) is 8.78 Å². The summed E-state index contributed by atoms with van der Waals surface area (Å²) in [6, 6.07) is 5.87. The Morgan fingerprint density at radius 2 is 2.08 bits per heavy atom. The van der Waals surface area contributed by atoms with E-state index in [1.807, 2.05) is 20.8 Å². The van der Waals surface area contributed by atoms with Gasteiger partial charge in [-0.25, -0.2) is 0 Å². The fraction of sp³-hybridized carbons (Fsp3) is 0.611. The number of carbonyl (C=O) groups is 1. The Bertz CT molecular complexity index is 630. The van der Waals surface area contributed by atoms with Crippen LogP contribution in [0.1, 0.15) is 45.7 Å². The largest absolute Gasteiger partial charge is 0.435 e. The Morgan fingerprint density at radius 3 is 2.62 bits per heavy atom. The zero-order valence-corrected chi connectivity index (χ0v) is 16.2. The Balaban J connectivity index is 0.00000338. The van der Waals surface area contributed by atoms with Gasteiger partial charge in [-0.1, -0.05) is 26.0 Å². The highest BCUT2D eigenvalue weighted by Gasteiger charge is 2.62. The molecule has 1 aromatic rings. The second-order valence-electron chi connectivity index (χ2n) is 6.99. The van der Waals surface area contributed by atoms with Crippen LogP contribution >= 0.6 is 12.4 Å². The highest BCUT2D eigenvalue weighted by Crippen LogP contribution is 2.50. The molecule has 1 saturated carbocycles. The molecule has 1 aliphatic carbocycles. The third-order valence-corrected chi connectivity index (χ3v) is 5.17. The van der Waals surface area contributed by atoms with Gasteiger partial charge in [0.25, 0.3) is 0 Å². The zero-order chi connectivity index (χ0) is 18.8. The molecule has 2 rings (SSSR count). The lowest BCUT2D eigenvalue weighted by atomic mass is 9.54. The molecule has 0 bridgehead atoms. The standard InChI is InChI=1S/C18H26F2N2O3.ClH/c1-5-24-14-10-18(21,17(14,3)4)15(23)22-11(2)12-7-6-8-13(9-12)25-16(19)20;/h6-9,11,14,16H,5,10,21H2,1-4H3,(H,22,23);1H. The van der Waals surface area contributed by atoms with Gasteiger partial charge in [0.1, 0.15) is 11.3 Å². The van der Waals surface area contributed by atoms with E-state index >= 15 is 0 Å². The number of rotatable bonds is 7. The first-order chi connectivity index (χ1) is 11.6. The number of nitrogens with two attached hydrogens (primary N) is 1. The monoisotopic (exact) mass is 392 g/mol. The third kappa shape index (κ3) is 4.27. The van der Waals surface area contributed by atoms with E-state index in [0.717, 1.165) is 0 Å². The molecule has 3 unspecified atom stereocenters. The molecule has 1 aromatic carbocycles. The number of halogens is 3. The molecule has 0 heterocycles. The number of alkyl halides is 2. The third-order valence-electron chi connectivity index (χ3n) is 5.17. The quantitative estimate of drug-likeness (QED) is 0.745. The van der Waals surface area contributed by atoms with Gasteiger partial charge in [-0.05, 0) is 31.5 Å². The molecule has 0 aromatic heterocycles. The molecule has 8 heteroatoms. The van der Waals surface area contributed by atoms with Gasteiger partial charge in [0.2, 0.25) is 5.91 Å². The normalized spacial score (nSPS) is 25.0. The first-order valence-corrected chi connectivity index (χ1v) is 8.38. The summed E-state index contributed by atoms with van der Waals surface area (Å²) in [4.78, 5) is 12.7. The molecule has 0 saturated heterocycles. The summed E-state index contributed by atoms with van der Waals surface area (Å²) in [6.45, 7) is 5.19. The Labute approximate surface area is 159 Å². The lowest BCUT2D eigenvalue weighted by molar-refractivity contribution is -0.171. The number of nitrogens with one attached hydrogen (secondary N) is 1. The summed E-state index contributed by atoms with van der Waals surface area (Å²) < 4.78 is 34.7. The molecule has 5 nitrogen and oxygen atoms in total. The van der Waals surface area contributed by atoms with E-state index < -0.39 is 23.6 Å². The van der Waals surface area contributed by atoms with Crippen molar-refractivity contribution in [1.29, 1.82) is 0 Å². The minimum Gasteiger partial charge on any atom is -0.435 e. The number of hydrogen-bond donors (Lipinski definition) is 2. The number of hydrogen-bond acceptors (Lipinski definition) is 4. The van der Waals surface area contributed by atoms with Crippen molar-refractivity contribution in [3.8, 4) is 5.75 Å². The average Bonchev–Trinajstić information content (AvgIpc) is 2.53. The van der Waals surface area contributed by atoms with Crippen LogP contribution in [0.2, 0.25) is 0 Å². The molecule has 26 heavy (non-hydrogen) atoms. The van der Waals surface area contributed by atoms with Crippen LogP contribution in [0.4, 0.5) is 8.78 Å². The minimum atomic E-state index is -2.89. The van der Waals surface area contributed by atoms with Crippen molar-refractivity contribution in [2.75, 3.05) is 6.61 Å². The van der Waals surface area contributed by atoms with Gasteiger partial charge < -0.3 is 20.5 Å². The van der Waals surface area contributed by atoms with Crippen LogP contribution < -0.4 is 15.8 Å². The highest BCUT2D eigenvalue weighted by molar-refractivity contribution is 5.89. The average molecular weight is 393 g/mol. The van der Waals surface area contributed by atoms with Crippen LogP contribution in [0, 0.1) is 5.41 Å². The van der Waals surface area contributed by atoms with Crippen molar-refractivity contribution in [1.82, 2.24) is 5.32 Å². The maximum absolute atomic E-state index is 12.7. The molecule has 3 atom stereocenters. The number of benzene rings is 1. The predicted octanol–water partition coefficient (Wildman–Crippen LogP) is 3.42. The van der Waals surface area contributed by atoms with Crippen molar-refractivity contribution >= 4 is 18.3 Å². The van der Waals surface area contributed by atoms with Crippen LogP contribution in [0.25, 0.3) is 0 Å². The van der Waals surface area contributed by atoms with Gasteiger partial charge in [0.15, 0.2) is 0 Å². The van der Waals surface area contributed by atoms with Crippen LogP contribution in [0.3, 0.4) is 0 Å². The van der Waals surface area contributed by atoms with Gasteiger partial charge in [0, 0.05) is 18.4 Å². The van der Waals surface area contributed by atoms with E-state index in [9.17, 15) is 13.6 Å². The molecule has 0 spiro atoms. The molecule has 0 radical (unpaired) electrons. The molecule has 1 amide bonds. The van der Waals surface area contributed by atoms with Crippen LogP contribution in [-0.4, -0.2) is 30.8 Å². The Kier molecular flexibility index (Phi) is 7.39. The van der Waals surface area contributed by atoms with E-state index in [2.05, 4.69) is 10.1 Å². The summed E-state index contributed by atoms with van der Waals surface area (Å²) in [6.07, 6.45) is 0.382. The lowest BCUT2D eigenvalue weighted by Gasteiger charge is -2.57. The zero-order valence-electron chi connectivity index (χ0n) is 15.4. The van der Waals surface area contributed by atoms with Crippen molar-refractivity contribution < 1.29 is 23.0 Å². The van der Waals surface area contributed by atoms with Crippen LogP contribution in [0.15, 0.2) is 24.3 Å². The SMILES string of the molecule is CCOC1CC(N)(C(=O)NC(C)c2cccc(OC(F)F)c2)C1(C)C.Cl. The Morgan fingerprint density at radius 1 is 1.42 bits per heavy atom. The summed E-state index contributed by atoms with van der Waals surface area (Å²) in [7, 11) is 0. The molecule has 1 fully saturated rings. The predicted molar refractivity (Wildman–Crippen MR) is 97.6 cm³/mol. The van der Waals surface area contributed by atoms with Gasteiger partial charge in [-0.15, -0.1) is 12.4 Å². The lowest BCUT2D eigenvalue weighted by Crippen LogP contribution is -2.75. The Hall–Kier alpha value is -1.44. The fourth-order valence-electron chi connectivity index (χ4n) is 3.19. The van der Waals surface area contributed by atoms with Crippen molar-refractivity contribution in [2.45, 2.75) is 58.4 Å². The molecular formula is C18H27ClF2N2O3. The minimum absolute atomic E-state index is 0. The molecule has 0 aliphatic heterocycles. The van der Waals surface area contributed by atoms with Crippen molar-refractivity contribution in [3.05, 3.63) is 29.8 Å². The van der Waals surface area contributed by atoms with Gasteiger partial charge >= 0.3 is 6.61 Å². The first-order valence-electron chi connectivity index (χ1n) is 8.38. The highest BCUT2D eigenvalue weighted by atomic mass is 35.5. The second kappa shape index (κ2) is 8.50. The van der Waals surface area contributed by atoms with E-state index in [4.69, 9.17) is 10.5 Å². The van der Waals surface area contributed by atoms with E-state index in [1.165, 1.54) is 12.1 Å². The van der Waals surface area contributed by atoms with Crippen molar-refractivity contribution in [2.24, 2.45) is 11.1 Å². The summed E-state index contributed by atoms with van der Waals surface area (Å²) in [5, 5.41) is 2.87. The van der Waals surface area contributed by atoms with E-state index in [-0.39, 0.29) is 30.2 Å².